The van der Waals surface area contributed by atoms with Gasteiger partial charge in [0.2, 0.25) is 10.0 Å². The van der Waals surface area contributed by atoms with Crippen molar-refractivity contribution in [1.29, 1.82) is 0 Å². The summed E-state index contributed by atoms with van der Waals surface area (Å²) < 4.78 is 32.5. The minimum Gasteiger partial charge on any atom is -0.497 e. The predicted molar refractivity (Wildman–Crippen MR) is 106 cm³/mol. The van der Waals surface area contributed by atoms with Gasteiger partial charge in [-0.3, -0.25) is 4.99 Å². The molecule has 3 N–H and O–H groups in total. The van der Waals surface area contributed by atoms with E-state index in [9.17, 15) is 8.42 Å². The molecule has 142 valence electrons. The molecular formula is C16H21ClN4O3S2. The first kappa shape index (κ1) is 20.5. The number of benzene rings is 1. The number of sulfonamides is 1. The number of halogens is 1. The van der Waals surface area contributed by atoms with E-state index < -0.39 is 10.0 Å². The van der Waals surface area contributed by atoms with Crippen LogP contribution in [-0.2, 0) is 16.6 Å². The lowest BCUT2D eigenvalue weighted by molar-refractivity contribution is 0.414. The van der Waals surface area contributed by atoms with E-state index in [-0.39, 0.29) is 10.8 Å². The van der Waals surface area contributed by atoms with E-state index in [2.05, 4.69) is 20.3 Å². The van der Waals surface area contributed by atoms with Crippen LogP contribution < -0.4 is 20.1 Å². The summed E-state index contributed by atoms with van der Waals surface area (Å²) in [5.74, 6) is 1.36. The van der Waals surface area contributed by atoms with E-state index in [1.54, 1.807) is 20.2 Å². The van der Waals surface area contributed by atoms with Gasteiger partial charge in [-0.2, -0.15) is 0 Å². The highest BCUT2D eigenvalue weighted by Gasteiger charge is 2.15. The van der Waals surface area contributed by atoms with Crippen molar-refractivity contribution < 1.29 is 13.2 Å². The highest BCUT2D eigenvalue weighted by molar-refractivity contribution is 7.91. The van der Waals surface area contributed by atoms with Crippen LogP contribution in [0.15, 0.2) is 45.6 Å². The Morgan fingerprint density at radius 3 is 2.69 bits per heavy atom. The van der Waals surface area contributed by atoms with Crippen LogP contribution in [0.2, 0.25) is 4.34 Å². The molecule has 0 radical (unpaired) electrons. The summed E-state index contributed by atoms with van der Waals surface area (Å²) in [5, 5.41) is 6.22. The molecule has 0 bridgehead atoms. The van der Waals surface area contributed by atoms with Gasteiger partial charge in [0.25, 0.3) is 0 Å². The van der Waals surface area contributed by atoms with Crippen molar-refractivity contribution in [3.63, 3.8) is 0 Å². The van der Waals surface area contributed by atoms with Gasteiger partial charge in [-0.15, -0.1) is 11.3 Å². The standard InChI is InChI=1S/C16H21ClN4O3S2/c1-18-16(20-11-12-4-3-5-13(10-12)24-2)19-8-9-21-26(22,23)15-7-6-14(17)25-15/h3-7,10,21H,8-9,11H2,1-2H3,(H2,18,19,20). The molecule has 0 aliphatic carbocycles. The summed E-state index contributed by atoms with van der Waals surface area (Å²) in [5.41, 5.74) is 1.04. The number of hydrogen-bond donors (Lipinski definition) is 3. The van der Waals surface area contributed by atoms with Crippen molar-refractivity contribution >= 4 is 38.9 Å². The maximum Gasteiger partial charge on any atom is 0.250 e. The molecule has 7 nitrogen and oxygen atoms in total. The number of nitrogens with zero attached hydrogens (tertiary/aromatic N) is 1. The minimum absolute atomic E-state index is 0.197. The highest BCUT2D eigenvalue weighted by atomic mass is 35.5. The molecule has 0 aliphatic rings. The molecular weight excluding hydrogens is 396 g/mol. The molecule has 2 rings (SSSR count). The van der Waals surface area contributed by atoms with Gasteiger partial charge in [0.1, 0.15) is 9.96 Å². The fourth-order valence-electron chi connectivity index (χ4n) is 2.07. The quantitative estimate of drug-likeness (QED) is 0.348. The van der Waals surface area contributed by atoms with Gasteiger partial charge in [0.05, 0.1) is 11.4 Å². The van der Waals surface area contributed by atoms with Crippen LogP contribution in [0.5, 0.6) is 5.75 Å². The highest BCUT2D eigenvalue weighted by Crippen LogP contribution is 2.25. The maximum absolute atomic E-state index is 12.1. The molecule has 2 aromatic rings. The average molecular weight is 417 g/mol. The molecule has 0 saturated carbocycles. The first-order chi connectivity index (χ1) is 12.4. The number of ether oxygens (including phenoxy) is 1. The van der Waals surface area contributed by atoms with Gasteiger partial charge in [-0.25, -0.2) is 13.1 Å². The van der Waals surface area contributed by atoms with Crippen LogP contribution in [0.1, 0.15) is 5.56 Å². The lowest BCUT2D eigenvalue weighted by Gasteiger charge is -2.12. The largest absolute Gasteiger partial charge is 0.497 e. The van der Waals surface area contributed by atoms with Crippen LogP contribution in [0.3, 0.4) is 0 Å². The number of methoxy groups -OCH3 is 1. The number of thiophene rings is 1. The Hall–Kier alpha value is -1.81. The second-order valence-corrected chi connectivity index (χ2v) is 8.87. The Morgan fingerprint density at radius 1 is 1.23 bits per heavy atom. The van der Waals surface area contributed by atoms with Crippen molar-refractivity contribution in [2.24, 2.45) is 4.99 Å². The van der Waals surface area contributed by atoms with E-state index >= 15 is 0 Å². The first-order valence-electron chi connectivity index (χ1n) is 7.77. The zero-order chi connectivity index (χ0) is 19.0. The Kier molecular flexibility index (Phi) is 7.70. The van der Waals surface area contributed by atoms with Crippen LogP contribution in [0.25, 0.3) is 0 Å². The summed E-state index contributed by atoms with van der Waals surface area (Å²) in [6.07, 6.45) is 0. The van der Waals surface area contributed by atoms with Gasteiger partial charge in [0, 0.05) is 26.7 Å². The van der Waals surface area contributed by atoms with Crippen molar-refractivity contribution in [1.82, 2.24) is 15.4 Å². The summed E-state index contributed by atoms with van der Waals surface area (Å²) in [6.45, 7) is 1.17. The third-order valence-corrected chi connectivity index (χ3v) is 6.52. The number of guanidine groups is 1. The van der Waals surface area contributed by atoms with Crippen molar-refractivity contribution in [2.45, 2.75) is 10.8 Å². The molecule has 10 heteroatoms. The van der Waals surface area contributed by atoms with Gasteiger partial charge < -0.3 is 15.4 Å². The van der Waals surface area contributed by atoms with Gasteiger partial charge in [-0.1, -0.05) is 23.7 Å². The third kappa shape index (κ3) is 6.17. The van der Waals surface area contributed by atoms with E-state index in [4.69, 9.17) is 16.3 Å². The minimum atomic E-state index is -3.54. The molecule has 0 spiro atoms. The van der Waals surface area contributed by atoms with E-state index in [1.165, 1.54) is 6.07 Å². The monoisotopic (exact) mass is 416 g/mol. The maximum atomic E-state index is 12.1. The molecule has 0 atom stereocenters. The molecule has 1 aromatic heterocycles. The van der Waals surface area contributed by atoms with Crippen LogP contribution in [0.4, 0.5) is 0 Å². The molecule has 1 aromatic carbocycles. The second-order valence-electron chi connectivity index (χ2n) is 5.16. The summed E-state index contributed by atoms with van der Waals surface area (Å²) >= 11 is 6.80. The van der Waals surface area contributed by atoms with Crippen LogP contribution >= 0.6 is 22.9 Å². The number of aliphatic imine (C=N–C) groups is 1. The summed E-state index contributed by atoms with van der Waals surface area (Å²) in [4.78, 5) is 4.11. The Bertz CT molecular complexity index is 853. The van der Waals surface area contributed by atoms with Crippen molar-refractivity contribution in [3.05, 3.63) is 46.3 Å². The zero-order valence-electron chi connectivity index (χ0n) is 14.5. The fourth-order valence-corrected chi connectivity index (χ4v) is 4.63. The Labute approximate surface area is 162 Å². The molecule has 0 saturated heterocycles. The third-order valence-electron chi connectivity index (χ3n) is 3.34. The smallest absolute Gasteiger partial charge is 0.250 e. The van der Waals surface area contributed by atoms with Gasteiger partial charge >= 0.3 is 0 Å². The number of rotatable bonds is 8. The summed E-state index contributed by atoms with van der Waals surface area (Å²) in [7, 11) is -0.262. The molecule has 0 fully saturated rings. The molecule has 0 amide bonds. The van der Waals surface area contributed by atoms with Crippen LogP contribution in [0, 0.1) is 0 Å². The molecule has 26 heavy (non-hydrogen) atoms. The summed E-state index contributed by atoms with van der Waals surface area (Å²) in [6, 6.07) is 10.7. The molecule has 1 heterocycles. The van der Waals surface area contributed by atoms with Crippen molar-refractivity contribution in [2.75, 3.05) is 27.2 Å². The van der Waals surface area contributed by atoms with Crippen molar-refractivity contribution in [3.8, 4) is 5.75 Å². The topological polar surface area (TPSA) is 91.8 Å². The number of hydrogen-bond acceptors (Lipinski definition) is 5. The lowest BCUT2D eigenvalue weighted by Crippen LogP contribution is -2.41. The van der Waals surface area contributed by atoms with Gasteiger partial charge in [0.15, 0.2) is 5.96 Å². The molecule has 0 unspecified atom stereocenters. The zero-order valence-corrected chi connectivity index (χ0v) is 16.8. The average Bonchev–Trinajstić information content (AvgIpc) is 3.08. The predicted octanol–water partition coefficient (Wildman–Crippen LogP) is 2.05. The fraction of sp³-hybridized carbons (Fsp3) is 0.312. The SMILES string of the molecule is CN=C(NCCNS(=O)(=O)c1ccc(Cl)s1)NCc1cccc(OC)c1. The van der Waals surface area contributed by atoms with E-state index in [0.29, 0.717) is 23.4 Å². The Balaban J connectivity index is 1.76. The normalized spacial score (nSPS) is 12.0. The lowest BCUT2D eigenvalue weighted by atomic mass is 10.2. The second kappa shape index (κ2) is 9.77. The number of nitrogens with one attached hydrogen (secondary N) is 3. The Morgan fingerprint density at radius 2 is 2.04 bits per heavy atom. The first-order valence-corrected chi connectivity index (χ1v) is 10.4. The van der Waals surface area contributed by atoms with E-state index in [0.717, 1.165) is 22.6 Å². The molecule has 0 aliphatic heterocycles. The van der Waals surface area contributed by atoms with E-state index in [1.807, 2.05) is 24.3 Å². The van der Waals surface area contributed by atoms with Gasteiger partial charge in [-0.05, 0) is 29.8 Å². The van der Waals surface area contributed by atoms with Crippen LogP contribution in [-0.4, -0.2) is 41.6 Å².